The third-order valence-corrected chi connectivity index (χ3v) is 2.66. The molecule has 1 aromatic carbocycles. The van der Waals surface area contributed by atoms with E-state index in [0.717, 1.165) is 0 Å². The van der Waals surface area contributed by atoms with E-state index < -0.39 is 0 Å². The van der Waals surface area contributed by atoms with Crippen LogP contribution in [0.5, 0.6) is 0 Å². The van der Waals surface area contributed by atoms with Crippen LogP contribution in [0.15, 0.2) is 24.0 Å². The van der Waals surface area contributed by atoms with Crippen molar-refractivity contribution in [1.82, 2.24) is 0 Å². The fraction of sp³-hybridized carbons (Fsp3) is 0.182. The molecule has 0 saturated carbocycles. The summed E-state index contributed by atoms with van der Waals surface area (Å²) in [5.74, 6) is -0.241. The highest BCUT2D eigenvalue weighted by molar-refractivity contribution is 6.42. The molecule has 0 amide bonds. The van der Waals surface area contributed by atoms with E-state index in [4.69, 9.17) is 23.2 Å². The Bertz CT molecular complexity index is 432. The monoisotopic (exact) mass is 244 g/mol. The predicted octanol–water partition coefficient (Wildman–Crippen LogP) is 3.87. The molecule has 4 heteroatoms. The van der Waals surface area contributed by atoms with E-state index in [9.17, 15) is 9.90 Å². The van der Waals surface area contributed by atoms with Crippen LogP contribution >= 0.6 is 23.2 Å². The Hall–Kier alpha value is -0.990. The van der Waals surface area contributed by atoms with Crippen molar-refractivity contribution >= 4 is 34.6 Å². The van der Waals surface area contributed by atoms with Gasteiger partial charge >= 0.3 is 0 Å². The Kier molecular flexibility index (Phi) is 3.77. The van der Waals surface area contributed by atoms with Gasteiger partial charge < -0.3 is 5.11 Å². The first-order chi connectivity index (χ1) is 6.93. The molecule has 0 saturated heterocycles. The number of allylic oxidation sites excluding steroid dienone is 2. The van der Waals surface area contributed by atoms with Crippen molar-refractivity contribution in [1.29, 1.82) is 0 Å². The zero-order valence-corrected chi connectivity index (χ0v) is 9.86. The average Bonchev–Trinajstić information content (AvgIpc) is 2.10. The minimum Gasteiger partial charge on any atom is -0.512 e. The second-order valence-corrected chi connectivity index (χ2v) is 3.96. The molecule has 0 aliphatic heterocycles. The number of aliphatic hydroxyl groups is 1. The first kappa shape index (κ1) is 12.1. The Morgan fingerprint density at radius 1 is 1.20 bits per heavy atom. The molecular weight excluding hydrogens is 235 g/mol. The lowest BCUT2D eigenvalue weighted by Gasteiger charge is -2.06. The Balaban J connectivity index is 3.32. The number of rotatable bonds is 2. The van der Waals surface area contributed by atoms with Crippen LogP contribution in [0.2, 0.25) is 10.0 Å². The van der Waals surface area contributed by atoms with Gasteiger partial charge in [-0.15, -0.1) is 0 Å². The van der Waals surface area contributed by atoms with Gasteiger partial charge in [0.15, 0.2) is 5.78 Å². The van der Waals surface area contributed by atoms with Gasteiger partial charge in [0, 0.05) is 0 Å². The fourth-order valence-electron chi connectivity index (χ4n) is 1.32. The zero-order valence-electron chi connectivity index (χ0n) is 8.34. The second kappa shape index (κ2) is 4.69. The number of hydrogen-bond donors (Lipinski definition) is 1. The molecule has 0 aromatic heterocycles. The quantitative estimate of drug-likeness (QED) is 0.634. The largest absolute Gasteiger partial charge is 0.512 e. The van der Waals surface area contributed by atoms with Crippen LogP contribution < -0.4 is 0 Å². The lowest BCUT2D eigenvalue weighted by Crippen LogP contribution is -1.99. The molecule has 2 nitrogen and oxygen atoms in total. The van der Waals surface area contributed by atoms with E-state index in [0.29, 0.717) is 15.6 Å². The van der Waals surface area contributed by atoms with E-state index in [1.165, 1.54) is 13.8 Å². The minimum absolute atomic E-state index is 0.0270. The highest BCUT2D eigenvalue weighted by atomic mass is 35.5. The van der Waals surface area contributed by atoms with Crippen LogP contribution in [-0.2, 0) is 4.79 Å². The maximum absolute atomic E-state index is 11.3. The number of aliphatic hydroxyl groups excluding tert-OH is 1. The first-order valence-electron chi connectivity index (χ1n) is 4.29. The van der Waals surface area contributed by atoms with Gasteiger partial charge in [-0.3, -0.25) is 4.79 Å². The molecule has 0 radical (unpaired) electrons. The van der Waals surface area contributed by atoms with Gasteiger partial charge in [-0.2, -0.15) is 0 Å². The van der Waals surface area contributed by atoms with Crippen molar-refractivity contribution in [3.8, 4) is 0 Å². The summed E-state index contributed by atoms with van der Waals surface area (Å²) in [6.07, 6.45) is 0. The molecular formula is C11H10Cl2O2. The zero-order chi connectivity index (χ0) is 11.6. The van der Waals surface area contributed by atoms with Crippen LogP contribution in [0, 0.1) is 0 Å². The van der Waals surface area contributed by atoms with E-state index in [1.54, 1.807) is 18.2 Å². The van der Waals surface area contributed by atoms with Gasteiger partial charge in [-0.05, 0) is 31.5 Å². The average molecular weight is 245 g/mol. The van der Waals surface area contributed by atoms with E-state index in [-0.39, 0.29) is 17.1 Å². The summed E-state index contributed by atoms with van der Waals surface area (Å²) in [5.41, 5.74) is 0.825. The van der Waals surface area contributed by atoms with Crippen LogP contribution in [0.1, 0.15) is 19.4 Å². The van der Waals surface area contributed by atoms with Crippen LogP contribution in [0.4, 0.5) is 0 Å². The number of Topliss-reactive ketones (excluding diaryl/α,β-unsaturated/α-hetero) is 1. The topological polar surface area (TPSA) is 37.3 Å². The smallest absolute Gasteiger partial charge is 0.163 e. The van der Waals surface area contributed by atoms with Gasteiger partial charge in [0.25, 0.3) is 0 Å². The van der Waals surface area contributed by atoms with Crippen LogP contribution in [0.25, 0.3) is 5.57 Å². The van der Waals surface area contributed by atoms with E-state index in [1.807, 2.05) is 0 Å². The molecule has 0 aliphatic carbocycles. The summed E-state index contributed by atoms with van der Waals surface area (Å²) in [6, 6.07) is 4.79. The van der Waals surface area contributed by atoms with E-state index in [2.05, 4.69) is 0 Å². The highest BCUT2D eigenvalue weighted by Gasteiger charge is 2.12. The van der Waals surface area contributed by atoms with Crippen molar-refractivity contribution < 1.29 is 9.90 Å². The summed E-state index contributed by atoms with van der Waals surface area (Å²) >= 11 is 11.6. The molecule has 1 aromatic rings. The maximum atomic E-state index is 11.3. The Morgan fingerprint density at radius 2 is 1.80 bits per heavy atom. The SMILES string of the molecule is CC(=O)/C(=C(/C)O)c1ccc(Cl)c(Cl)c1. The lowest BCUT2D eigenvalue weighted by molar-refractivity contribution is -0.111. The van der Waals surface area contributed by atoms with Gasteiger partial charge in [-0.25, -0.2) is 0 Å². The Morgan fingerprint density at radius 3 is 2.20 bits per heavy atom. The third-order valence-electron chi connectivity index (χ3n) is 1.92. The normalized spacial score (nSPS) is 12.3. The van der Waals surface area contributed by atoms with E-state index >= 15 is 0 Å². The van der Waals surface area contributed by atoms with Gasteiger partial charge in [0.05, 0.1) is 15.6 Å². The second-order valence-electron chi connectivity index (χ2n) is 3.15. The number of benzene rings is 1. The molecule has 0 aliphatic rings. The molecule has 0 atom stereocenters. The van der Waals surface area contributed by atoms with Crippen LogP contribution in [-0.4, -0.2) is 10.9 Å². The van der Waals surface area contributed by atoms with Gasteiger partial charge in [-0.1, -0.05) is 29.3 Å². The highest BCUT2D eigenvalue weighted by Crippen LogP contribution is 2.27. The molecule has 1 N–H and O–H groups in total. The molecule has 0 bridgehead atoms. The number of ketones is 1. The fourth-order valence-corrected chi connectivity index (χ4v) is 1.62. The van der Waals surface area contributed by atoms with Crippen molar-refractivity contribution in [3.63, 3.8) is 0 Å². The molecule has 15 heavy (non-hydrogen) atoms. The Labute approximate surface area is 98.1 Å². The van der Waals surface area contributed by atoms with Crippen molar-refractivity contribution in [3.05, 3.63) is 39.6 Å². The summed E-state index contributed by atoms with van der Waals surface area (Å²) in [7, 11) is 0. The summed E-state index contributed by atoms with van der Waals surface area (Å²) in [4.78, 5) is 11.3. The standard InChI is InChI=1S/C11H10Cl2O2/c1-6(14)11(7(2)15)8-3-4-9(12)10(13)5-8/h3-5,14H,1-2H3/b11-6+. The molecule has 0 fully saturated rings. The maximum Gasteiger partial charge on any atom is 0.163 e. The molecule has 0 unspecified atom stereocenters. The van der Waals surface area contributed by atoms with Crippen molar-refractivity contribution in [2.24, 2.45) is 0 Å². The summed E-state index contributed by atoms with van der Waals surface area (Å²) < 4.78 is 0. The molecule has 1 rings (SSSR count). The predicted molar refractivity (Wildman–Crippen MR) is 62.4 cm³/mol. The minimum atomic E-state index is -0.214. The van der Waals surface area contributed by atoms with Gasteiger partial charge in [0.2, 0.25) is 0 Å². The number of carbonyl (C=O) groups excluding carboxylic acids is 1. The number of halogens is 2. The number of carbonyl (C=O) groups is 1. The molecule has 80 valence electrons. The van der Waals surface area contributed by atoms with Crippen molar-refractivity contribution in [2.45, 2.75) is 13.8 Å². The first-order valence-corrected chi connectivity index (χ1v) is 5.05. The third kappa shape index (κ3) is 2.74. The number of hydrogen-bond acceptors (Lipinski definition) is 2. The molecule has 0 heterocycles. The molecule has 0 spiro atoms. The lowest BCUT2D eigenvalue weighted by atomic mass is 10.0. The summed E-state index contributed by atoms with van der Waals surface area (Å²) in [5, 5.41) is 10.2. The van der Waals surface area contributed by atoms with Crippen LogP contribution in [0.3, 0.4) is 0 Å². The van der Waals surface area contributed by atoms with Crippen molar-refractivity contribution in [2.75, 3.05) is 0 Å². The summed E-state index contributed by atoms with van der Waals surface area (Å²) in [6.45, 7) is 2.84. The van der Waals surface area contributed by atoms with Gasteiger partial charge in [0.1, 0.15) is 5.76 Å².